The number of benzene rings is 1. The zero-order valence-electron chi connectivity index (χ0n) is 11.7. The molecule has 1 aromatic rings. The topological polar surface area (TPSA) is 61.4 Å². The molecule has 0 saturated heterocycles. The van der Waals surface area contributed by atoms with Crippen molar-refractivity contribution in [3.8, 4) is 0 Å². The van der Waals surface area contributed by atoms with Gasteiger partial charge in [0.1, 0.15) is 0 Å². The Balaban J connectivity index is 1.71. The van der Waals surface area contributed by atoms with Gasteiger partial charge in [-0.1, -0.05) is 25.0 Å². The van der Waals surface area contributed by atoms with E-state index >= 15 is 0 Å². The molecule has 0 bridgehead atoms. The fraction of sp³-hybridized carbons (Fsp3) is 0.562. The van der Waals surface area contributed by atoms with Gasteiger partial charge >= 0.3 is 0 Å². The summed E-state index contributed by atoms with van der Waals surface area (Å²) in [5, 5.41) is 16.5. The molecule has 1 amide bonds. The molecule has 0 spiro atoms. The van der Waals surface area contributed by atoms with E-state index in [0.717, 1.165) is 56.3 Å². The molecular formula is C16H22N2O2. The quantitative estimate of drug-likeness (QED) is 0.780. The van der Waals surface area contributed by atoms with E-state index in [2.05, 4.69) is 16.7 Å². The molecule has 1 heterocycles. The predicted octanol–water partition coefficient (Wildman–Crippen LogP) is 1.37. The van der Waals surface area contributed by atoms with Crippen molar-refractivity contribution in [2.45, 2.75) is 44.2 Å². The second-order valence-corrected chi connectivity index (χ2v) is 5.98. The van der Waals surface area contributed by atoms with E-state index in [-0.39, 0.29) is 5.91 Å². The van der Waals surface area contributed by atoms with Crippen molar-refractivity contribution < 1.29 is 9.90 Å². The predicted molar refractivity (Wildman–Crippen MR) is 77.6 cm³/mol. The minimum atomic E-state index is -0.688. The van der Waals surface area contributed by atoms with Crippen LogP contribution < -0.4 is 10.6 Å². The van der Waals surface area contributed by atoms with Crippen molar-refractivity contribution in [1.82, 2.24) is 10.6 Å². The van der Waals surface area contributed by atoms with E-state index in [1.165, 1.54) is 5.56 Å². The molecule has 108 valence electrons. The third-order valence-electron chi connectivity index (χ3n) is 4.50. The zero-order valence-corrected chi connectivity index (χ0v) is 11.7. The van der Waals surface area contributed by atoms with E-state index in [1.807, 2.05) is 12.1 Å². The van der Waals surface area contributed by atoms with Crippen molar-refractivity contribution in [2.24, 2.45) is 0 Å². The van der Waals surface area contributed by atoms with Crippen LogP contribution in [0.5, 0.6) is 0 Å². The Morgan fingerprint density at radius 3 is 2.95 bits per heavy atom. The normalized spacial score (nSPS) is 20.4. The molecule has 1 aliphatic carbocycles. The maximum atomic E-state index is 12.4. The average Bonchev–Trinajstić information content (AvgIpc) is 2.91. The van der Waals surface area contributed by atoms with E-state index < -0.39 is 5.60 Å². The lowest BCUT2D eigenvalue weighted by Gasteiger charge is -2.24. The molecule has 20 heavy (non-hydrogen) atoms. The van der Waals surface area contributed by atoms with Gasteiger partial charge in [-0.25, -0.2) is 0 Å². The molecule has 0 unspecified atom stereocenters. The van der Waals surface area contributed by atoms with Crippen LogP contribution in [-0.2, 0) is 13.0 Å². The Morgan fingerprint density at radius 2 is 2.15 bits per heavy atom. The summed E-state index contributed by atoms with van der Waals surface area (Å²) in [5.41, 5.74) is 2.45. The Kier molecular flexibility index (Phi) is 3.76. The molecule has 0 radical (unpaired) electrons. The fourth-order valence-electron chi connectivity index (χ4n) is 3.29. The Hall–Kier alpha value is -1.39. The molecule has 2 aliphatic rings. The molecule has 1 fully saturated rings. The lowest BCUT2D eigenvalue weighted by atomic mass is 9.94. The summed E-state index contributed by atoms with van der Waals surface area (Å²) in [7, 11) is 0. The monoisotopic (exact) mass is 274 g/mol. The van der Waals surface area contributed by atoms with Crippen LogP contribution in [0.15, 0.2) is 18.2 Å². The van der Waals surface area contributed by atoms with E-state index in [4.69, 9.17) is 0 Å². The summed E-state index contributed by atoms with van der Waals surface area (Å²) < 4.78 is 0. The van der Waals surface area contributed by atoms with Crippen molar-refractivity contribution in [1.29, 1.82) is 0 Å². The van der Waals surface area contributed by atoms with Gasteiger partial charge in [0.15, 0.2) is 0 Å². The van der Waals surface area contributed by atoms with Gasteiger partial charge in [-0.2, -0.15) is 0 Å². The standard InChI is InChI=1S/C16H22N2O2/c19-15(18-11-16(20)7-1-2-8-16)14-5-3-4-12-10-17-9-6-13(12)14/h3-5,17,20H,1-2,6-11H2,(H,18,19). The van der Waals surface area contributed by atoms with Gasteiger partial charge < -0.3 is 15.7 Å². The summed E-state index contributed by atoms with van der Waals surface area (Å²) >= 11 is 0. The number of carbonyl (C=O) groups is 1. The van der Waals surface area contributed by atoms with Crippen LogP contribution in [0.25, 0.3) is 0 Å². The van der Waals surface area contributed by atoms with Crippen molar-refractivity contribution in [2.75, 3.05) is 13.1 Å². The first-order valence-corrected chi connectivity index (χ1v) is 7.50. The summed E-state index contributed by atoms with van der Waals surface area (Å²) in [6.45, 7) is 2.12. The van der Waals surface area contributed by atoms with Crippen molar-refractivity contribution in [3.05, 3.63) is 34.9 Å². The van der Waals surface area contributed by atoms with Crippen molar-refractivity contribution in [3.63, 3.8) is 0 Å². The molecule has 3 N–H and O–H groups in total. The van der Waals surface area contributed by atoms with E-state index in [9.17, 15) is 9.90 Å². The largest absolute Gasteiger partial charge is 0.388 e. The molecular weight excluding hydrogens is 252 g/mol. The first-order chi connectivity index (χ1) is 9.68. The first-order valence-electron chi connectivity index (χ1n) is 7.50. The van der Waals surface area contributed by atoms with Crippen LogP contribution in [0.4, 0.5) is 0 Å². The van der Waals surface area contributed by atoms with Crippen LogP contribution >= 0.6 is 0 Å². The minimum Gasteiger partial charge on any atom is -0.388 e. The second-order valence-electron chi connectivity index (χ2n) is 5.98. The van der Waals surface area contributed by atoms with Crippen LogP contribution in [0, 0.1) is 0 Å². The summed E-state index contributed by atoms with van der Waals surface area (Å²) in [6, 6.07) is 5.89. The van der Waals surface area contributed by atoms with Gasteiger partial charge in [0.25, 0.3) is 5.91 Å². The molecule has 1 aliphatic heterocycles. The summed E-state index contributed by atoms with van der Waals surface area (Å²) in [5.74, 6) is -0.0518. The van der Waals surface area contributed by atoms with E-state index in [1.54, 1.807) is 0 Å². The summed E-state index contributed by atoms with van der Waals surface area (Å²) in [6.07, 6.45) is 4.59. The average molecular weight is 274 g/mol. The second kappa shape index (κ2) is 5.54. The number of carbonyl (C=O) groups excluding carboxylic acids is 1. The van der Waals surface area contributed by atoms with Gasteiger partial charge in [-0.15, -0.1) is 0 Å². The number of fused-ring (bicyclic) bond motifs is 1. The van der Waals surface area contributed by atoms with E-state index in [0.29, 0.717) is 6.54 Å². The number of aliphatic hydroxyl groups is 1. The number of rotatable bonds is 3. The Bertz CT molecular complexity index is 507. The van der Waals surface area contributed by atoms with Crippen molar-refractivity contribution >= 4 is 5.91 Å². The molecule has 0 atom stereocenters. The SMILES string of the molecule is O=C(NCC1(O)CCCC1)c1cccc2c1CCNC2. The molecule has 0 aromatic heterocycles. The Labute approximate surface area is 119 Å². The number of nitrogens with one attached hydrogen (secondary N) is 2. The van der Waals surface area contributed by atoms with Gasteiger partial charge in [-0.05, 0) is 43.0 Å². The molecule has 4 heteroatoms. The third kappa shape index (κ3) is 2.72. The van der Waals surface area contributed by atoms with Crippen LogP contribution in [0.1, 0.15) is 47.2 Å². The minimum absolute atomic E-state index is 0.0518. The first kappa shape index (κ1) is 13.6. The molecule has 1 aromatic carbocycles. The molecule has 4 nitrogen and oxygen atoms in total. The Morgan fingerprint density at radius 1 is 1.35 bits per heavy atom. The zero-order chi connectivity index (χ0) is 14.0. The van der Waals surface area contributed by atoms with Gasteiger partial charge in [0, 0.05) is 18.7 Å². The van der Waals surface area contributed by atoms with Gasteiger partial charge in [0.05, 0.1) is 5.60 Å². The van der Waals surface area contributed by atoms with Crippen LogP contribution in [0.3, 0.4) is 0 Å². The number of hydrogen-bond acceptors (Lipinski definition) is 3. The summed E-state index contributed by atoms with van der Waals surface area (Å²) in [4.78, 5) is 12.4. The number of amides is 1. The third-order valence-corrected chi connectivity index (χ3v) is 4.50. The maximum Gasteiger partial charge on any atom is 0.251 e. The van der Waals surface area contributed by atoms with Crippen LogP contribution in [0.2, 0.25) is 0 Å². The van der Waals surface area contributed by atoms with Gasteiger partial charge in [-0.3, -0.25) is 4.79 Å². The highest BCUT2D eigenvalue weighted by atomic mass is 16.3. The fourth-order valence-corrected chi connectivity index (χ4v) is 3.29. The smallest absolute Gasteiger partial charge is 0.251 e. The molecule has 1 saturated carbocycles. The lowest BCUT2D eigenvalue weighted by molar-refractivity contribution is 0.0449. The highest BCUT2D eigenvalue weighted by molar-refractivity contribution is 5.96. The highest BCUT2D eigenvalue weighted by Crippen LogP contribution is 2.28. The molecule has 3 rings (SSSR count). The van der Waals surface area contributed by atoms with Gasteiger partial charge in [0.2, 0.25) is 0 Å². The van der Waals surface area contributed by atoms with Crippen LogP contribution in [-0.4, -0.2) is 29.7 Å². The highest BCUT2D eigenvalue weighted by Gasteiger charge is 2.31. The number of hydrogen-bond donors (Lipinski definition) is 3. The maximum absolute atomic E-state index is 12.4. The lowest BCUT2D eigenvalue weighted by Crippen LogP contribution is -2.41.